The fourth-order valence-corrected chi connectivity index (χ4v) is 0.830. The molecule has 1 nitrogen and oxygen atoms in total. The normalized spacial score (nSPS) is 13.1. The van der Waals surface area contributed by atoms with Crippen LogP contribution in [-0.2, 0) is 0 Å². The number of hydrogen-bond acceptors (Lipinski definition) is 1. The van der Waals surface area contributed by atoms with Crippen molar-refractivity contribution in [1.29, 1.82) is 0 Å². The minimum atomic E-state index is 0.178. The minimum Gasteiger partial charge on any atom is -0.324 e. The van der Waals surface area contributed by atoms with Crippen LogP contribution in [0.25, 0.3) is 0 Å². The van der Waals surface area contributed by atoms with Gasteiger partial charge in [0.25, 0.3) is 0 Å². The lowest BCUT2D eigenvalue weighted by atomic mass is 10.0. The molecule has 0 aliphatic carbocycles. The molecule has 0 rings (SSSR count). The molecule has 0 aromatic heterocycles. The Labute approximate surface area is 64.3 Å². The van der Waals surface area contributed by atoms with Crippen LogP contribution < -0.4 is 5.73 Å². The van der Waals surface area contributed by atoms with Gasteiger partial charge in [0.15, 0.2) is 0 Å². The SMILES string of the molecule is C=C(CCCCC)C(C)N. The molecule has 0 saturated heterocycles. The first-order valence-electron chi connectivity index (χ1n) is 4.11. The Morgan fingerprint density at radius 3 is 2.50 bits per heavy atom. The summed E-state index contributed by atoms with van der Waals surface area (Å²) in [7, 11) is 0. The second-order valence-electron chi connectivity index (χ2n) is 2.90. The first-order valence-corrected chi connectivity index (χ1v) is 4.11. The first-order chi connectivity index (χ1) is 4.68. The third-order valence-electron chi connectivity index (χ3n) is 1.75. The molecule has 10 heavy (non-hydrogen) atoms. The van der Waals surface area contributed by atoms with Gasteiger partial charge in [0, 0.05) is 6.04 Å². The van der Waals surface area contributed by atoms with Crippen LogP contribution in [0.5, 0.6) is 0 Å². The zero-order valence-electron chi connectivity index (χ0n) is 7.19. The van der Waals surface area contributed by atoms with Crippen LogP contribution in [0.2, 0.25) is 0 Å². The van der Waals surface area contributed by atoms with Gasteiger partial charge < -0.3 is 5.73 Å². The van der Waals surface area contributed by atoms with Gasteiger partial charge in [-0.05, 0) is 19.8 Å². The Balaban J connectivity index is 3.22. The summed E-state index contributed by atoms with van der Waals surface area (Å²) in [6.07, 6.45) is 4.92. The van der Waals surface area contributed by atoms with Gasteiger partial charge in [0.05, 0.1) is 0 Å². The highest BCUT2D eigenvalue weighted by molar-refractivity contribution is 5.01. The molecule has 0 aromatic carbocycles. The summed E-state index contributed by atoms with van der Waals surface area (Å²) in [6, 6.07) is 0.178. The van der Waals surface area contributed by atoms with E-state index in [2.05, 4.69) is 13.5 Å². The first kappa shape index (κ1) is 9.70. The van der Waals surface area contributed by atoms with E-state index in [9.17, 15) is 0 Å². The lowest BCUT2D eigenvalue weighted by Crippen LogP contribution is -2.16. The van der Waals surface area contributed by atoms with E-state index in [1.165, 1.54) is 24.8 Å². The second-order valence-corrected chi connectivity index (χ2v) is 2.90. The Hall–Kier alpha value is -0.300. The summed E-state index contributed by atoms with van der Waals surface area (Å²) < 4.78 is 0. The molecule has 0 amide bonds. The van der Waals surface area contributed by atoms with Gasteiger partial charge in [-0.15, -0.1) is 0 Å². The monoisotopic (exact) mass is 141 g/mol. The predicted molar refractivity (Wildman–Crippen MR) is 46.9 cm³/mol. The van der Waals surface area contributed by atoms with Crippen molar-refractivity contribution in [2.75, 3.05) is 0 Å². The van der Waals surface area contributed by atoms with Crippen LogP contribution in [0, 0.1) is 0 Å². The summed E-state index contributed by atoms with van der Waals surface area (Å²) in [4.78, 5) is 0. The van der Waals surface area contributed by atoms with E-state index in [4.69, 9.17) is 5.73 Å². The van der Waals surface area contributed by atoms with Crippen molar-refractivity contribution in [2.45, 2.75) is 45.6 Å². The molecule has 0 aliphatic heterocycles. The molecular formula is C9H19N. The Morgan fingerprint density at radius 2 is 2.10 bits per heavy atom. The molecule has 2 N–H and O–H groups in total. The van der Waals surface area contributed by atoms with Gasteiger partial charge in [0.2, 0.25) is 0 Å². The van der Waals surface area contributed by atoms with Crippen LogP contribution in [-0.4, -0.2) is 6.04 Å². The van der Waals surface area contributed by atoms with Crippen molar-refractivity contribution in [2.24, 2.45) is 5.73 Å². The van der Waals surface area contributed by atoms with Crippen molar-refractivity contribution in [1.82, 2.24) is 0 Å². The maximum atomic E-state index is 5.62. The predicted octanol–water partition coefficient (Wildman–Crippen LogP) is 2.47. The maximum absolute atomic E-state index is 5.62. The maximum Gasteiger partial charge on any atom is 0.0222 e. The van der Waals surface area contributed by atoms with Crippen LogP contribution in [0.4, 0.5) is 0 Å². The fraction of sp³-hybridized carbons (Fsp3) is 0.778. The topological polar surface area (TPSA) is 26.0 Å². The van der Waals surface area contributed by atoms with E-state index < -0.39 is 0 Å². The largest absolute Gasteiger partial charge is 0.324 e. The molecule has 0 aliphatic rings. The lowest BCUT2D eigenvalue weighted by molar-refractivity contribution is 0.680. The molecule has 60 valence electrons. The summed E-state index contributed by atoms with van der Waals surface area (Å²) in [5.74, 6) is 0. The molecule has 1 atom stereocenters. The quantitative estimate of drug-likeness (QED) is 0.462. The van der Waals surface area contributed by atoms with E-state index in [1.54, 1.807) is 0 Å². The average Bonchev–Trinajstić information content (AvgIpc) is 1.88. The molecule has 0 radical (unpaired) electrons. The van der Waals surface area contributed by atoms with Crippen LogP contribution in [0.1, 0.15) is 39.5 Å². The fourth-order valence-electron chi connectivity index (χ4n) is 0.830. The van der Waals surface area contributed by atoms with Crippen LogP contribution in [0.3, 0.4) is 0 Å². The zero-order valence-corrected chi connectivity index (χ0v) is 7.19. The van der Waals surface area contributed by atoms with Gasteiger partial charge in [-0.3, -0.25) is 0 Å². The van der Waals surface area contributed by atoms with Gasteiger partial charge >= 0.3 is 0 Å². The van der Waals surface area contributed by atoms with Crippen LogP contribution in [0.15, 0.2) is 12.2 Å². The summed E-state index contributed by atoms with van der Waals surface area (Å²) >= 11 is 0. The molecule has 0 bridgehead atoms. The van der Waals surface area contributed by atoms with Crippen LogP contribution >= 0.6 is 0 Å². The van der Waals surface area contributed by atoms with Crippen molar-refractivity contribution in [3.05, 3.63) is 12.2 Å². The van der Waals surface area contributed by atoms with E-state index >= 15 is 0 Å². The van der Waals surface area contributed by atoms with E-state index in [-0.39, 0.29) is 6.04 Å². The van der Waals surface area contributed by atoms with Gasteiger partial charge in [0.1, 0.15) is 0 Å². The number of nitrogens with two attached hydrogens (primary N) is 1. The van der Waals surface area contributed by atoms with Gasteiger partial charge in [-0.2, -0.15) is 0 Å². The van der Waals surface area contributed by atoms with Crippen molar-refractivity contribution in [3.63, 3.8) is 0 Å². The lowest BCUT2D eigenvalue weighted by Gasteiger charge is -2.07. The molecule has 0 fully saturated rings. The zero-order chi connectivity index (χ0) is 7.98. The van der Waals surface area contributed by atoms with Gasteiger partial charge in [-0.25, -0.2) is 0 Å². The minimum absolute atomic E-state index is 0.178. The molecule has 0 spiro atoms. The van der Waals surface area contributed by atoms with E-state index in [1.807, 2.05) is 6.92 Å². The van der Waals surface area contributed by atoms with E-state index in [0.29, 0.717) is 0 Å². The molecule has 0 heterocycles. The third kappa shape index (κ3) is 4.57. The Bertz CT molecular complexity index is 94.9. The van der Waals surface area contributed by atoms with Crippen molar-refractivity contribution < 1.29 is 0 Å². The van der Waals surface area contributed by atoms with E-state index in [0.717, 1.165) is 6.42 Å². The summed E-state index contributed by atoms with van der Waals surface area (Å²) in [5.41, 5.74) is 6.81. The highest BCUT2D eigenvalue weighted by Crippen LogP contribution is 2.08. The standard InChI is InChI=1S/C9H19N/c1-4-5-6-7-8(2)9(3)10/h9H,2,4-7,10H2,1,3H3. The molecule has 0 saturated carbocycles. The van der Waals surface area contributed by atoms with Crippen molar-refractivity contribution in [3.8, 4) is 0 Å². The Kier molecular flexibility index (Phi) is 5.32. The Morgan fingerprint density at radius 1 is 1.50 bits per heavy atom. The average molecular weight is 141 g/mol. The molecule has 1 unspecified atom stereocenters. The smallest absolute Gasteiger partial charge is 0.0222 e. The summed E-state index contributed by atoms with van der Waals surface area (Å²) in [5, 5.41) is 0. The highest BCUT2D eigenvalue weighted by atomic mass is 14.6. The van der Waals surface area contributed by atoms with Gasteiger partial charge in [-0.1, -0.05) is 31.9 Å². The third-order valence-corrected chi connectivity index (χ3v) is 1.75. The number of rotatable bonds is 5. The number of unbranched alkanes of at least 4 members (excludes halogenated alkanes) is 2. The van der Waals surface area contributed by atoms with Crippen molar-refractivity contribution >= 4 is 0 Å². The molecular weight excluding hydrogens is 122 g/mol. The molecule has 0 aromatic rings. The highest BCUT2D eigenvalue weighted by Gasteiger charge is 1.98. The number of hydrogen-bond donors (Lipinski definition) is 1. The summed E-state index contributed by atoms with van der Waals surface area (Å²) in [6.45, 7) is 8.10. The molecule has 1 heteroatoms. The second kappa shape index (κ2) is 5.48.